The van der Waals surface area contributed by atoms with Crippen LogP contribution in [-0.4, -0.2) is 140 Å². The Labute approximate surface area is 447 Å². The van der Waals surface area contributed by atoms with Crippen LogP contribution in [0.4, 0.5) is 17.2 Å². The minimum Gasteiger partial charge on any atom is -0.474 e. The number of aliphatic hydroxyl groups excluding tert-OH is 1. The molecule has 0 spiro atoms. The largest absolute Gasteiger partial charge is 0.474 e. The topological polar surface area (TPSA) is 211 Å². The Balaban J connectivity index is 0.600. The van der Waals surface area contributed by atoms with E-state index in [9.17, 15) is 14.7 Å². The molecule has 18 nitrogen and oxygen atoms in total. The number of nitrogens with two attached hydrogens (primary N) is 1. The summed E-state index contributed by atoms with van der Waals surface area (Å²) >= 11 is 1.59. The van der Waals surface area contributed by atoms with Gasteiger partial charge >= 0.3 is 0 Å². The Morgan fingerprint density at radius 2 is 1.62 bits per heavy atom. The molecule has 19 heteroatoms. The lowest BCUT2D eigenvalue weighted by Gasteiger charge is -2.43. The zero-order chi connectivity index (χ0) is 52.5. The molecule has 6 aromatic rings. The van der Waals surface area contributed by atoms with Crippen molar-refractivity contribution in [2.75, 3.05) is 61.4 Å². The number of carbonyl (C=O) groups is 2. The summed E-state index contributed by atoms with van der Waals surface area (Å²) < 4.78 is 24.8. The van der Waals surface area contributed by atoms with Gasteiger partial charge in [0.1, 0.15) is 24.7 Å². The van der Waals surface area contributed by atoms with Gasteiger partial charge in [-0.05, 0) is 73.9 Å². The fraction of sp³-hybridized carbons (Fsp3) is 0.491. The number of anilines is 3. The van der Waals surface area contributed by atoms with Gasteiger partial charge in [0.05, 0.1) is 51.8 Å². The standard InChI is InChI=1S/C57H69N11O7S/c1-34(2)53(57(71)67-32-43(69)25-49(67)56(70)61-35(3)37-10-12-39(13-11-37)54-36(4)60-33-76-54)50-29-52(64-75-50)72-23-22-65-20-17-44(18-21-65)73-45-26-46(27-45)74-51-24-40(16-19-59-51)68-41-14-15-42(68)31-66(30-41)48-28-47(62-63-55(48)58)38-8-6-5-7-9-38/h5-13,16,19,24,28-29,33-35,41-46,49,53,69H,14-15,17-18,20-23,25-27,30-32H2,1-4H3,(H2,58,63)(H,61,70)/t35-,41?,42?,43+,45-,46-,49-,53-/m0/s1. The lowest BCUT2D eigenvalue weighted by atomic mass is 9.91. The number of aliphatic hydroxyl groups is 1. The maximum absolute atomic E-state index is 14.2. The predicted octanol–water partition coefficient (Wildman–Crippen LogP) is 7.45. The normalized spacial score (nSPS) is 23.6. The van der Waals surface area contributed by atoms with Crippen molar-refractivity contribution in [1.29, 1.82) is 0 Å². The number of nitrogens with one attached hydrogen (secondary N) is 1. The third kappa shape index (κ3) is 11.2. The van der Waals surface area contributed by atoms with Crippen molar-refractivity contribution in [2.24, 2.45) is 5.92 Å². The summed E-state index contributed by atoms with van der Waals surface area (Å²) in [5.74, 6) is 0.313. The quantitative estimate of drug-likeness (QED) is 0.0763. The van der Waals surface area contributed by atoms with Crippen LogP contribution in [0.25, 0.3) is 21.7 Å². The number of piperidine rings is 1. The van der Waals surface area contributed by atoms with E-state index in [0.717, 1.165) is 109 Å². The highest BCUT2D eigenvalue weighted by molar-refractivity contribution is 7.13. The average molecular weight is 1050 g/mol. The Kier molecular flexibility index (Phi) is 15.2. The number of amides is 2. The van der Waals surface area contributed by atoms with Gasteiger partial charge in [-0.15, -0.1) is 21.5 Å². The van der Waals surface area contributed by atoms with Crippen LogP contribution in [0.15, 0.2) is 95.1 Å². The number of piperazine rings is 1. The number of ether oxygens (including phenoxy) is 3. The number of carbonyl (C=O) groups excluding carboxylic acids is 2. The Bertz CT molecular complexity index is 2930. The molecule has 5 aliphatic rings. The van der Waals surface area contributed by atoms with Crippen molar-refractivity contribution < 1.29 is 33.4 Å². The fourth-order valence-corrected chi connectivity index (χ4v) is 12.7. The van der Waals surface area contributed by atoms with Crippen molar-refractivity contribution >= 4 is 40.3 Å². The van der Waals surface area contributed by atoms with Gasteiger partial charge in [0.2, 0.25) is 17.7 Å². The Hall–Kier alpha value is -6.67. The van der Waals surface area contributed by atoms with E-state index in [1.54, 1.807) is 17.4 Å². The number of fused-ring (bicyclic) bond motifs is 2. The summed E-state index contributed by atoms with van der Waals surface area (Å²) in [4.78, 5) is 46.9. The highest BCUT2D eigenvalue weighted by atomic mass is 32.1. The van der Waals surface area contributed by atoms with Crippen LogP contribution < -0.4 is 30.3 Å². The molecule has 76 heavy (non-hydrogen) atoms. The molecule has 4 N–H and O–H groups in total. The van der Waals surface area contributed by atoms with Gasteiger partial charge in [-0.25, -0.2) is 9.97 Å². The molecule has 2 unspecified atom stereocenters. The van der Waals surface area contributed by atoms with Crippen LogP contribution in [0.3, 0.4) is 0 Å². The number of aryl methyl sites for hydroxylation is 1. The zero-order valence-electron chi connectivity index (χ0n) is 43.7. The Morgan fingerprint density at radius 3 is 2.34 bits per heavy atom. The number of nitrogens with zero attached hydrogens (tertiary/aromatic N) is 9. The zero-order valence-corrected chi connectivity index (χ0v) is 44.6. The summed E-state index contributed by atoms with van der Waals surface area (Å²) in [6.07, 6.45) is 7.44. The SMILES string of the molecule is Cc1ncsc1-c1ccc([C@H](C)NC(=O)[C@@H]2C[C@@H](O)CN2C(=O)[C@H](c2cc(OCCN3CCC(O[C@H]4C[C@H](Oc5cc(N6C7CCC6CN(c6cc(-c8ccccc8)nnc6N)C7)ccn5)C4)CC3)no2)C(C)C)cc1. The number of rotatable bonds is 18. The third-order valence-electron chi connectivity index (χ3n) is 16.0. The number of pyridine rings is 1. The first kappa shape index (κ1) is 51.4. The van der Waals surface area contributed by atoms with E-state index in [1.165, 1.54) is 4.90 Å². The molecule has 11 rings (SSSR count). The van der Waals surface area contributed by atoms with Crippen molar-refractivity contribution in [3.63, 3.8) is 0 Å². The number of hydrogen-bond acceptors (Lipinski definition) is 17. The van der Waals surface area contributed by atoms with E-state index in [4.69, 9.17) is 24.5 Å². The maximum Gasteiger partial charge on any atom is 0.254 e. The minimum atomic E-state index is -0.825. The molecular formula is C57H69N11O7S. The molecule has 6 atom stereocenters. The van der Waals surface area contributed by atoms with Gasteiger partial charge in [-0.3, -0.25) is 14.5 Å². The molecule has 2 amide bonds. The second kappa shape index (κ2) is 22.5. The van der Waals surface area contributed by atoms with Crippen LogP contribution in [0.2, 0.25) is 0 Å². The van der Waals surface area contributed by atoms with E-state index < -0.39 is 18.1 Å². The van der Waals surface area contributed by atoms with E-state index in [0.29, 0.717) is 48.6 Å². The van der Waals surface area contributed by atoms with Gasteiger partial charge in [-0.1, -0.05) is 68.4 Å². The maximum atomic E-state index is 14.2. The summed E-state index contributed by atoms with van der Waals surface area (Å²) in [6.45, 7) is 12.5. The van der Waals surface area contributed by atoms with Crippen molar-refractivity contribution in [1.82, 2.24) is 40.4 Å². The third-order valence-corrected chi connectivity index (χ3v) is 17.0. The molecular weight excluding hydrogens is 983 g/mol. The summed E-state index contributed by atoms with van der Waals surface area (Å²) in [5, 5.41) is 26.7. The predicted molar refractivity (Wildman–Crippen MR) is 290 cm³/mol. The molecule has 1 aliphatic carbocycles. The van der Waals surface area contributed by atoms with Gasteiger partial charge in [-0.2, -0.15) is 0 Å². The van der Waals surface area contributed by atoms with Gasteiger partial charge in [0.25, 0.3) is 5.88 Å². The number of hydrogen-bond donors (Lipinski definition) is 3. The number of aromatic nitrogens is 5. The van der Waals surface area contributed by atoms with Crippen LogP contribution >= 0.6 is 11.3 Å². The smallest absolute Gasteiger partial charge is 0.254 e. The second-order valence-electron chi connectivity index (χ2n) is 21.6. The van der Waals surface area contributed by atoms with Crippen LogP contribution in [-0.2, 0) is 14.3 Å². The number of benzene rings is 2. The summed E-state index contributed by atoms with van der Waals surface area (Å²) in [5.41, 5.74) is 15.2. The number of nitrogen functional groups attached to an aromatic ring is 1. The van der Waals surface area contributed by atoms with E-state index in [-0.39, 0.29) is 55.1 Å². The molecule has 4 aromatic heterocycles. The molecule has 5 fully saturated rings. The lowest BCUT2D eigenvalue weighted by Crippen LogP contribution is -2.54. The van der Waals surface area contributed by atoms with E-state index >= 15 is 0 Å². The highest BCUT2D eigenvalue weighted by Crippen LogP contribution is 2.40. The number of β-amino-alcohol motifs (C(OH)–C–C–N with tert-alkyl or cyclic N) is 1. The first-order valence-electron chi connectivity index (χ1n) is 27.0. The first-order chi connectivity index (χ1) is 36.9. The summed E-state index contributed by atoms with van der Waals surface area (Å²) in [7, 11) is 0. The lowest BCUT2D eigenvalue weighted by molar-refractivity contribution is -0.141. The van der Waals surface area contributed by atoms with E-state index in [2.05, 4.69) is 63.5 Å². The minimum absolute atomic E-state index is 0.0569. The van der Waals surface area contributed by atoms with Crippen molar-refractivity contribution in [3.05, 3.63) is 108 Å². The number of likely N-dealkylation sites (tertiary alicyclic amines) is 2. The monoisotopic (exact) mass is 1050 g/mol. The van der Waals surface area contributed by atoms with E-state index in [1.807, 2.05) is 94.0 Å². The second-order valence-corrected chi connectivity index (χ2v) is 22.4. The number of thiazole rings is 1. The molecule has 400 valence electrons. The molecule has 4 aliphatic heterocycles. The first-order valence-corrected chi connectivity index (χ1v) is 27.9. The molecule has 0 radical (unpaired) electrons. The highest BCUT2D eigenvalue weighted by Gasteiger charge is 2.44. The van der Waals surface area contributed by atoms with Gasteiger partial charge in [0, 0.05) is 100 Å². The Morgan fingerprint density at radius 1 is 0.855 bits per heavy atom. The van der Waals surface area contributed by atoms with Gasteiger partial charge in [0.15, 0.2) is 11.6 Å². The van der Waals surface area contributed by atoms with Gasteiger partial charge < -0.3 is 49.6 Å². The average Bonchev–Trinajstić information content (AvgIpc) is 4.22. The fourth-order valence-electron chi connectivity index (χ4n) is 11.9. The van der Waals surface area contributed by atoms with Crippen molar-refractivity contribution in [2.45, 2.75) is 127 Å². The molecule has 4 saturated heterocycles. The molecule has 8 heterocycles. The molecule has 1 saturated carbocycles. The van der Waals surface area contributed by atoms with Crippen LogP contribution in [0, 0.1) is 12.8 Å². The summed E-state index contributed by atoms with van der Waals surface area (Å²) in [6, 6.07) is 25.7. The van der Waals surface area contributed by atoms with Crippen molar-refractivity contribution in [3.8, 4) is 33.5 Å². The molecule has 2 bridgehead atoms. The van der Waals surface area contributed by atoms with Crippen LogP contribution in [0.1, 0.15) is 94.7 Å². The molecule has 2 aromatic carbocycles. The van der Waals surface area contributed by atoms with Crippen LogP contribution in [0.5, 0.6) is 11.8 Å².